The van der Waals surface area contributed by atoms with Gasteiger partial charge in [-0.2, -0.15) is 0 Å². The maximum absolute atomic E-state index is 12.6. The molecule has 0 radical (unpaired) electrons. The van der Waals surface area contributed by atoms with Gasteiger partial charge in [-0.1, -0.05) is 0 Å². The number of piperidine rings is 1. The van der Waals surface area contributed by atoms with Crippen LogP contribution >= 0.6 is 11.3 Å². The van der Waals surface area contributed by atoms with Gasteiger partial charge < -0.3 is 4.90 Å². The topological polar surface area (TPSA) is 46.1 Å². The second-order valence-corrected chi connectivity index (χ2v) is 6.85. The lowest BCUT2D eigenvalue weighted by atomic mass is 9.97. The maximum Gasteiger partial charge on any atom is 0.229 e. The van der Waals surface area contributed by atoms with E-state index in [1.54, 1.807) is 23.7 Å². The predicted molar refractivity (Wildman–Crippen MR) is 88.7 cm³/mol. The van der Waals surface area contributed by atoms with Crippen LogP contribution in [0, 0.1) is 0 Å². The number of likely N-dealkylation sites (tertiary alicyclic amines) is 1. The molecule has 1 aliphatic heterocycles. The second-order valence-electron chi connectivity index (χ2n) is 5.99. The standard InChI is InChI=1S/C17H21N3OS/c1-12-5-3-6-13(2)20(12)16(21)9-15-11-22-17(19-15)14-7-4-8-18-10-14/h4,7-8,10-13H,3,5-6,9H2,1-2H3. The van der Waals surface area contributed by atoms with Gasteiger partial charge in [0.1, 0.15) is 5.01 Å². The van der Waals surface area contributed by atoms with E-state index < -0.39 is 0 Å². The van der Waals surface area contributed by atoms with Gasteiger partial charge in [-0.05, 0) is 45.2 Å². The molecular weight excluding hydrogens is 294 g/mol. The lowest BCUT2D eigenvalue weighted by Crippen LogP contribution is -2.48. The maximum atomic E-state index is 12.6. The van der Waals surface area contributed by atoms with E-state index in [0.717, 1.165) is 29.1 Å². The van der Waals surface area contributed by atoms with E-state index in [0.29, 0.717) is 18.5 Å². The third-order valence-corrected chi connectivity index (χ3v) is 5.21. The van der Waals surface area contributed by atoms with Crippen molar-refractivity contribution in [3.63, 3.8) is 0 Å². The summed E-state index contributed by atoms with van der Waals surface area (Å²) in [6.45, 7) is 4.30. The Bertz CT molecular complexity index is 630. The molecule has 2 aromatic rings. The Morgan fingerprint density at radius 1 is 1.36 bits per heavy atom. The van der Waals surface area contributed by atoms with Crippen molar-refractivity contribution in [3.05, 3.63) is 35.6 Å². The average molecular weight is 315 g/mol. The number of nitrogens with zero attached hydrogens (tertiary/aromatic N) is 3. The lowest BCUT2D eigenvalue weighted by molar-refractivity contribution is -0.136. The molecule has 22 heavy (non-hydrogen) atoms. The highest BCUT2D eigenvalue weighted by molar-refractivity contribution is 7.13. The molecule has 0 aliphatic carbocycles. The normalized spacial score (nSPS) is 21.8. The highest BCUT2D eigenvalue weighted by Crippen LogP contribution is 2.26. The number of carbonyl (C=O) groups excluding carboxylic acids is 1. The number of carbonyl (C=O) groups is 1. The minimum Gasteiger partial charge on any atom is -0.337 e. The van der Waals surface area contributed by atoms with E-state index in [4.69, 9.17) is 0 Å². The summed E-state index contributed by atoms with van der Waals surface area (Å²) in [5.41, 5.74) is 1.87. The third-order valence-electron chi connectivity index (χ3n) is 4.27. The molecule has 0 aromatic carbocycles. The van der Waals surface area contributed by atoms with Gasteiger partial charge in [0.2, 0.25) is 5.91 Å². The van der Waals surface area contributed by atoms with Gasteiger partial charge >= 0.3 is 0 Å². The molecular formula is C17H21N3OS. The summed E-state index contributed by atoms with van der Waals surface area (Å²) < 4.78 is 0. The Hall–Kier alpha value is -1.75. The van der Waals surface area contributed by atoms with Crippen molar-refractivity contribution in [3.8, 4) is 10.6 Å². The van der Waals surface area contributed by atoms with Crippen LogP contribution < -0.4 is 0 Å². The summed E-state index contributed by atoms with van der Waals surface area (Å²) in [6.07, 6.45) is 7.38. The zero-order chi connectivity index (χ0) is 15.5. The van der Waals surface area contributed by atoms with E-state index in [9.17, 15) is 4.79 Å². The molecule has 4 nitrogen and oxygen atoms in total. The summed E-state index contributed by atoms with van der Waals surface area (Å²) in [4.78, 5) is 23.4. The zero-order valence-corrected chi connectivity index (χ0v) is 13.8. The highest BCUT2D eigenvalue weighted by Gasteiger charge is 2.29. The van der Waals surface area contributed by atoms with Crippen LogP contribution in [0.3, 0.4) is 0 Å². The first kappa shape index (κ1) is 15.2. The summed E-state index contributed by atoms with van der Waals surface area (Å²) >= 11 is 1.57. The van der Waals surface area contributed by atoms with Crippen molar-refractivity contribution in [1.82, 2.24) is 14.9 Å². The summed E-state index contributed by atoms with van der Waals surface area (Å²) in [5.74, 6) is 0.197. The fraction of sp³-hybridized carbons (Fsp3) is 0.471. The summed E-state index contributed by atoms with van der Waals surface area (Å²) in [6, 6.07) is 4.57. The molecule has 0 bridgehead atoms. The monoisotopic (exact) mass is 315 g/mol. The van der Waals surface area contributed by atoms with Gasteiger partial charge in [-0.3, -0.25) is 9.78 Å². The fourth-order valence-electron chi connectivity index (χ4n) is 3.17. The predicted octanol–water partition coefficient (Wildman–Crippen LogP) is 3.54. The fourth-order valence-corrected chi connectivity index (χ4v) is 3.98. The van der Waals surface area contributed by atoms with Crippen molar-refractivity contribution in [1.29, 1.82) is 0 Å². The van der Waals surface area contributed by atoms with E-state index in [1.807, 2.05) is 22.4 Å². The number of pyridine rings is 1. The molecule has 1 aliphatic rings. The van der Waals surface area contributed by atoms with E-state index in [1.165, 1.54) is 6.42 Å². The molecule has 0 saturated carbocycles. The first-order valence-electron chi connectivity index (χ1n) is 7.81. The highest BCUT2D eigenvalue weighted by atomic mass is 32.1. The molecule has 1 amide bonds. The molecule has 0 spiro atoms. The number of hydrogen-bond donors (Lipinski definition) is 0. The van der Waals surface area contributed by atoms with Crippen LogP contribution in [0.4, 0.5) is 0 Å². The third kappa shape index (κ3) is 3.19. The summed E-state index contributed by atoms with van der Waals surface area (Å²) in [7, 11) is 0. The first-order chi connectivity index (χ1) is 10.6. The quantitative estimate of drug-likeness (QED) is 0.870. The Balaban J connectivity index is 1.71. The van der Waals surface area contributed by atoms with Gasteiger partial charge in [0.15, 0.2) is 0 Å². The van der Waals surface area contributed by atoms with Crippen LogP contribution in [-0.2, 0) is 11.2 Å². The molecule has 2 aromatic heterocycles. The Labute approximate surface area is 135 Å². The van der Waals surface area contributed by atoms with Crippen LogP contribution in [-0.4, -0.2) is 32.9 Å². The molecule has 3 rings (SSSR count). The number of thiazole rings is 1. The minimum absolute atomic E-state index is 0.197. The largest absolute Gasteiger partial charge is 0.337 e. The van der Waals surface area contributed by atoms with Crippen molar-refractivity contribution in [2.45, 2.75) is 51.6 Å². The van der Waals surface area contributed by atoms with Gasteiger partial charge in [0.05, 0.1) is 12.1 Å². The summed E-state index contributed by atoms with van der Waals surface area (Å²) in [5, 5.41) is 2.91. The molecule has 0 N–H and O–H groups in total. The minimum atomic E-state index is 0.197. The molecule has 2 unspecified atom stereocenters. The van der Waals surface area contributed by atoms with Crippen LogP contribution in [0.25, 0.3) is 10.6 Å². The molecule has 5 heteroatoms. The van der Waals surface area contributed by atoms with E-state index >= 15 is 0 Å². The van der Waals surface area contributed by atoms with Crippen molar-refractivity contribution >= 4 is 17.2 Å². The van der Waals surface area contributed by atoms with Crippen molar-refractivity contribution < 1.29 is 4.79 Å². The zero-order valence-electron chi connectivity index (χ0n) is 13.0. The SMILES string of the molecule is CC1CCCC(C)N1C(=O)Cc1csc(-c2cccnc2)n1. The van der Waals surface area contributed by atoms with E-state index in [-0.39, 0.29) is 5.91 Å². The Morgan fingerprint density at radius 2 is 2.14 bits per heavy atom. The molecule has 1 saturated heterocycles. The molecule has 1 fully saturated rings. The van der Waals surface area contributed by atoms with Gasteiger partial charge in [0, 0.05) is 35.4 Å². The number of rotatable bonds is 3. The van der Waals surface area contributed by atoms with Crippen molar-refractivity contribution in [2.75, 3.05) is 0 Å². The smallest absolute Gasteiger partial charge is 0.229 e. The lowest BCUT2D eigenvalue weighted by Gasteiger charge is -2.39. The Kier molecular flexibility index (Phi) is 4.52. The number of aromatic nitrogens is 2. The van der Waals surface area contributed by atoms with Crippen LogP contribution in [0.15, 0.2) is 29.9 Å². The number of hydrogen-bond acceptors (Lipinski definition) is 4. The second kappa shape index (κ2) is 6.57. The van der Waals surface area contributed by atoms with Gasteiger partial charge in [0.25, 0.3) is 0 Å². The van der Waals surface area contributed by atoms with Gasteiger partial charge in [-0.15, -0.1) is 11.3 Å². The van der Waals surface area contributed by atoms with Crippen molar-refractivity contribution in [2.24, 2.45) is 0 Å². The Morgan fingerprint density at radius 3 is 2.82 bits per heavy atom. The number of amides is 1. The first-order valence-corrected chi connectivity index (χ1v) is 8.69. The van der Waals surface area contributed by atoms with Crippen LogP contribution in [0.5, 0.6) is 0 Å². The molecule has 2 atom stereocenters. The van der Waals surface area contributed by atoms with Crippen LogP contribution in [0.2, 0.25) is 0 Å². The molecule has 116 valence electrons. The molecule has 3 heterocycles. The van der Waals surface area contributed by atoms with E-state index in [2.05, 4.69) is 23.8 Å². The van der Waals surface area contributed by atoms with Gasteiger partial charge in [-0.25, -0.2) is 4.98 Å². The average Bonchev–Trinajstić information content (AvgIpc) is 2.96. The van der Waals surface area contributed by atoms with Crippen LogP contribution in [0.1, 0.15) is 38.8 Å².